The molecule has 0 spiro atoms. The lowest BCUT2D eigenvalue weighted by molar-refractivity contribution is 0.0592. The minimum absolute atomic E-state index is 0.324. The van der Waals surface area contributed by atoms with Gasteiger partial charge in [0.15, 0.2) is 0 Å². The number of H-pyrrole nitrogens is 1. The molecule has 0 saturated heterocycles. The first-order chi connectivity index (χ1) is 11.0. The maximum atomic E-state index is 13.5. The van der Waals surface area contributed by atoms with Crippen LogP contribution in [0.25, 0.3) is 33.2 Å². The molecule has 3 heterocycles. The highest BCUT2D eigenvalue weighted by molar-refractivity contribution is 5.94. The summed E-state index contributed by atoms with van der Waals surface area (Å²) in [5.41, 5.74) is 4.49. The summed E-state index contributed by atoms with van der Waals surface area (Å²) >= 11 is 0. The van der Waals surface area contributed by atoms with Crippen LogP contribution < -0.4 is 0 Å². The van der Waals surface area contributed by atoms with Crippen LogP contribution in [0.15, 0.2) is 30.5 Å². The summed E-state index contributed by atoms with van der Waals surface area (Å²) in [5.74, 6) is 0. The topological polar surface area (TPSA) is 59.4 Å². The van der Waals surface area contributed by atoms with Gasteiger partial charge in [-0.05, 0) is 43.7 Å². The normalized spacial score (nSPS) is 11.9. The molecule has 0 unspecified atom stereocenters. The Labute approximate surface area is 130 Å². The van der Waals surface area contributed by atoms with Gasteiger partial charge in [-0.2, -0.15) is 19.0 Å². The maximum absolute atomic E-state index is 13.5. The van der Waals surface area contributed by atoms with Gasteiger partial charge >= 0.3 is 6.55 Å². The van der Waals surface area contributed by atoms with Crippen molar-refractivity contribution >= 4 is 21.9 Å². The first-order valence-corrected chi connectivity index (χ1v) is 7.12. The molecule has 23 heavy (non-hydrogen) atoms. The molecule has 0 aliphatic carbocycles. The second kappa shape index (κ2) is 4.84. The van der Waals surface area contributed by atoms with E-state index >= 15 is 0 Å². The number of nitrogens with zero attached hydrogens (tertiary/aromatic N) is 4. The van der Waals surface area contributed by atoms with Crippen molar-refractivity contribution in [3.05, 3.63) is 41.7 Å². The number of hydrogen-bond donors (Lipinski definition) is 1. The van der Waals surface area contributed by atoms with Gasteiger partial charge in [-0.1, -0.05) is 0 Å². The predicted octanol–water partition coefficient (Wildman–Crippen LogP) is 3.99. The lowest BCUT2D eigenvalue weighted by Crippen LogP contribution is -2.02. The molecule has 4 rings (SSSR count). The number of halogens is 2. The van der Waals surface area contributed by atoms with Crippen molar-refractivity contribution in [1.29, 1.82) is 0 Å². The van der Waals surface area contributed by atoms with Gasteiger partial charge in [-0.3, -0.25) is 5.10 Å². The number of benzene rings is 1. The van der Waals surface area contributed by atoms with Crippen molar-refractivity contribution in [1.82, 2.24) is 25.0 Å². The van der Waals surface area contributed by atoms with Crippen LogP contribution in [0.4, 0.5) is 8.78 Å². The number of aryl methyl sites for hydroxylation is 2. The molecule has 0 radical (unpaired) electrons. The van der Waals surface area contributed by atoms with Crippen LogP contribution >= 0.6 is 0 Å². The van der Waals surface area contributed by atoms with Crippen LogP contribution in [0.3, 0.4) is 0 Å². The van der Waals surface area contributed by atoms with Gasteiger partial charge in [0.25, 0.3) is 0 Å². The Morgan fingerprint density at radius 1 is 1.17 bits per heavy atom. The number of aromatic amines is 1. The fraction of sp³-hybridized carbons (Fsp3) is 0.188. The molecule has 0 aliphatic rings. The third-order valence-electron chi connectivity index (χ3n) is 3.89. The molecule has 1 N–H and O–H groups in total. The minimum atomic E-state index is -2.74. The third-order valence-corrected chi connectivity index (χ3v) is 3.89. The summed E-state index contributed by atoms with van der Waals surface area (Å²) in [4.78, 5) is 4.41. The van der Waals surface area contributed by atoms with Gasteiger partial charge in [0.05, 0.1) is 11.7 Å². The van der Waals surface area contributed by atoms with Crippen LogP contribution in [-0.2, 0) is 0 Å². The largest absolute Gasteiger partial charge is 0.333 e. The zero-order valence-corrected chi connectivity index (χ0v) is 12.5. The Hall–Kier alpha value is -2.83. The Morgan fingerprint density at radius 3 is 2.78 bits per heavy atom. The fourth-order valence-electron chi connectivity index (χ4n) is 2.86. The molecule has 0 saturated carbocycles. The van der Waals surface area contributed by atoms with Crippen molar-refractivity contribution in [3.8, 4) is 11.3 Å². The molecule has 0 fully saturated rings. The predicted molar refractivity (Wildman–Crippen MR) is 83.3 cm³/mol. The van der Waals surface area contributed by atoms with Crippen molar-refractivity contribution in [2.24, 2.45) is 0 Å². The van der Waals surface area contributed by atoms with Gasteiger partial charge < -0.3 is 0 Å². The molecular formula is C16H13F2N5. The lowest BCUT2D eigenvalue weighted by Gasteiger charge is -2.08. The monoisotopic (exact) mass is 313 g/mol. The number of pyridine rings is 1. The molecular weight excluding hydrogens is 300 g/mol. The van der Waals surface area contributed by atoms with E-state index in [1.165, 1.54) is 0 Å². The van der Waals surface area contributed by atoms with Gasteiger partial charge in [0.2, 0.25) is 0 Å². The van der Waals surface area contributed by atoms with Crippen LogP contribution in [-0.4, -0.2) is 25.0 Å². The zero-order chi connectivity index (χ0) is 16.1. The first kappa shape index (κ1) is 13.8. The van der Waals surface area contributed by atoms with E-state index in [4.69, 9.17) is 0 Å². The second-order valence-electron chi connectivity index (χ2n) is 5.52. The van der Waals surface area contributed by atoms with E-state index < -0.39 is 6.55 Å². The molecule has 5 nitrogen and oxygen atoms in total. The minimum Gasteiger partial charge on any atom is -0.278 e. The van der Waals surface area contributed by atoms with Crippen LogP contribution in [0.2, 0.25) is 0 Å². The highest BCUT2D eigenvalue weighted by Gasteiger charge is 2.21. The summed E-state index contributed by atoms with van der Waals surface area (Å²) in [6.07, 6.45) is 1.68. The van der Waals surface area contributed by atoms with E-state index in [9.17, 15) is 8.78 Å². The number of fused-ring (bicyclic) bond motifs is 2. The fourth-order valence-corrected chi connectivity index (χ4v) is 2.86. The van der Waals surface area contributed by atoms with Gasteiger partial charge in [-0.15, -0.1) is 0 Å². The molecule has 0 aliphatic heterocycles. The summed E-state index contributed by atoms with van der Waals surface area (Å²) in [5, 5.41) is 11.8. The highest BCUT2D eigenvalue weighted by Crippen LogP contribution is 2.33. The van der Waals surface area contributed by atoms with Crippen LogP contribution in [0.1, 0.15) is 17.8 Å². The SMILES string of the molecule is Cc1ccc2nn(C(F)F)c(-c3cc(C)c4[nH]ncc4c3)c2n1. The number of hydrogen-bond acceptors (Lipinski definition) is 3. The number of aromatic nitrogens is 5. The van der Waals surface area contributed by atoms with Crippen molar-refractivity contribution in [3.63, 3.8) is 0 Å². The average molecular weight is 313 g/mol. The van der Waals surface area contributed by atoms with Crippen LogP contribution in [0, 0.1) is 13.8 Å². The third kappa shape index (κ3) is 2.08. The van der Waals surface area contributed by atoms with Gasteiger partial charge in [0.1, 0.15) is 16.7 Å². The lowest BCUT2D eigenvalue weighted by atomic mass is 10.0. The molecule has 7 heteroatoms. The number of rotatable bonds is 2. The van der Waals surface area contributed by atoms with E-state index in [1.807, 2.05) is 26.0 Å². The van der Waals surface area contributed by atoms with E-state index in [-0.39, 0.29) is 0 Å². The van der Waals surface area contributed by atoms with Crippen molar-refractivity contribution in [2.45, 2.75) is 20.4 Å². The molecule has 0 bridgehead atoms. The molecule has 4 aromatic rings. The average Bonchev–Trinajstić information content (AvgIpc) is 3.10. The first-order valence-electron chi connectivity index (χ1n) is 7.12. The molecule has 1 aromatic carbocycles. The summed E-state index contributed by atoms with van der Waals surface area (Å²) in [7, 11) is 0. The van der Waals surface area contributed by atoms with Gasteiger partial charge in [0, 0.05) is 16.6 Å². The standard InChI is InChI=1S/C16H13F2N5/c1-8-5-10(6-11-7-19-21-13(8)11)15-14-12(4-3-9(2)20-14)22-23(15)16(17)18/h3-7,16H,1-2H3,(H,19,21). The number of alkyl halides is 2. The summed E-state index contributed by atoms with van der Waals surface area (Å²) in [6, 6.07) is 7.15. The quantitative estimate of drug-likeness (QED) is 0.609. The van der Waals surface area contributed by atoms with E-state index in [1.54, 1.807) is 18.3 Å². The molecule has 3 aromatic heterocycles. The smallest absolute Gasteiger partial charge is 0.278 e. The zero-order valence-electron chi connectivity index (χ0n) is 12.5. The number of nitrogens with one attached hydrogen (secondary N) is 1. The Morgan fingerprint density at radius 2 is 2.00 bits per heavy atom. The summed E-state index contributed by atoms with van der Waals surface area (Å²) < 4.78 is 27.7. The Bertz CT molecular complexity index is 1030. The Kier molecular flexibility index (Phi) is 2.90. The van der Waals surface area contributed by atoms with E-state index in [0.29, 0.717) is 22.3 Å². The summed E-state index contributed by atoms with van der Waals surface area (Å²) in [6.45, 7) is 1.00. The van der Waals surface area contributed by atoms with E-state index in [2.05, 4.69) is 20.3 Å². The molecule has 0 amide bonds. The van der Waals surface area contributed by atoms with Crippen LogP contribution in [0.5, 0.6) is 0 Å². The Balaban J connectivity index is 2.09. The second-order valence-corrected chi connectivity index (χ2v) is 5.52. The van der Waals surface area contributed by atoms with Crippen molar-refractivity contribution in [2.75, 3.05) is 0 Å². The maximum Gasteiger partial charge on any atom is 0.333 e. The molecule has 116 valence electrons. The molecule has 0 atom stereocenters. The highest BCUT2D eigenvalue weighted by atomic mass is 19.3. The van der Waals surface area contributed by atoms with E-state index in [0.717, 1.165) is 26.8 Å². The van der Waals surface area contributed by atoms with Crippen molar-refractivity contribution < 1.29 is 8.78 Å². The van der Waals surface area contributed by atoms with Gasteiger partial charge in [-0.25, -0.2) is 9.67 Å².